The Morgan fingerprint density at radius 2 is 1.86 bits per heavy atom. The number of carbonyl (C=O) groups is 1. The number of methoxy groups -OCH3 is 3. The van der Waals surface area contributed by atoms with E-state index in [0.29, 0.717) is 30.1 Å². The number of aromatic nitrogens is 2. The van der Waals surface area contributed by atoms with Crippen molar-refractivity contribution in [3.05, 3.63) is 60.4 Å². The van der Waals surface area contributed by atoms with Crippen molar-refractivity contribution < 1.29 is 19.0 Å². The smallest absolute Gasteiger partial charge is 0.224 e. The molecular weight excluding hydrogens is 358 g/mol. The minimum absolute atomic E-state index is 0.0885. The maximum Gasteiger partial charge on any atom is 0.224 e. The summed E-state index contributed by atoms with van der Waals surface area (Å²) in [6.45, 7) is 0. The van der Waals surface area contributed by atoms with Crippen LogP contribution in [0.15, 0.2) is 54.9 Å². The normalized spacial score (nSPS) is 10.4. The number of hydrogen-bond donors (Lipinski definition) is 1. The zero-order valence-corrected chi connectivity index (χ0v) is 16.1. The zero-order chi connectivity index (χ0) is 19.9. The van der Waals surface area contributed by atoms with E-state index >= 15 is 0 Å². The third-order valence-corrected chi connectivity index (χ3v) is 4.31. The summed E-state index contributed by atoms with van der Waals surface area (Å²) in [7, 11) is 4.70. The fraction of sp³-hybridized carbons (Fsp3) is 0.238. The predicted molar refractivity (Wildman–Crippen MR) is 107 cm³/mol. The Kier molecular flexibility index (Phi) is 6.16. The Morgan fingerprint density at radius 1 is 1.04 bits per heavy atom. The van der Waals surface area contributed by atoms with Crippen LogP contribution in [0, 0.1) is 0 Å². The van der Waals surface area contributed by atoms with Crippen LogP contribution in [0.25, 0.3) is 5.69 Å². The average Bonchev–Trinajstić information content (AvgIpc) is 3.26. The fourth-order valence-corrected chi connectivity index (χ4v) is 2.98. The number of aryl methyl sites for hydroxylation is 1. The van der Waals surface area contributed by atoms with Crippen LogP contribution in [0.3, 0.4) is 0 Å². The molecule has 3 rings (SSSR count). The maximum atomic E-state index is 12.4. The van der Waals surface area contributed by atoms with E-state index in [2.05, 4.69) is 10.4 Å². The molecule has 0 fully saturated rings. The first-order valence-corrected chi connectivity index (χ1v) is 8.84. The van der Waals surface area contributed by atoms with Gasteiger partial charge in [0.2, 0.25) is 11.7 Å². The van der Waals surface area contributed by atoms with Gasteiger partial charge in [-0.2, -0.15) is 5.10 Å². The molecule has 0 aliphatic rings. The zero-order valence-electron chi connectivity index (χ0n) is 16.1. The van der Waals surface area contributed by atoms with E-state index in [0.717, 1.165) is 16.9 Å². The number of benzene rings is 2. The highest BCUT2D eigenvalue weighted by Gasteiger charge is 2.16. The molecule has 0 unspecified atom stereocenters. The number of hydrogen-bond acceptors (Lipinski definition) is 5. The highest BCUT2D eigenvalue weighted by molar-refractivity contribution is 5.91. The SMILES string of the molecule is COc1ccc(CCC(=O)Nc2cccc(-n3cccn3)c2)c(OC)c1OC. The second-order valence-corrected chi connectivity index (χ2v) is 6.04. The molecule has 0 saturated carbocycles. The molecule has 0 atom stereocenters. The minimum Gasteiger partial charge on any atom is -0.493 e. The van der Waals surface area contributed by atoms with Crippen molar-refractivity contribution in [3.8, 4) is 22.9 Å². The lowest BCUT2D eigenvalue weighted by atomic mass is 10.1. The lowest BCUT2D eigenvalue weighted by Gasteiger charge is -2.15. The van der Waals surface area contributed by atoms with Crippen molar-refractivity contribution in [3.63, 3.8) is 0 Å². The molecule has 1 heterocycles. The first kappa shape index (κ1) is 19.3. The van der Waals surface area contributed by atoms with Crippen LogP contribution >= 0.6 is 0 Å². The summed E-state index contributed by atoms with van der Waals surface area (Å²) in [5, 5.41) is 7.13. The first-order valence-electron chi connectivity index (χ1n) is 8.84. The Balaban J connectivity index is 1.67. The second kappa shape index (κ2) is 8.94. The number of ether oxygens (including phenoxy) is 3. The Bertz CT molecular complexity index is 939. The van der Waals surface area contributed by atoms with Gasteiger partial charge in [-0.15, -0.1) is 0 Å². The number of rotatable bonds is 8. The van der Waals surface area contributed by atoms with Crippen molar-refractivity contribution in [1.29, 1.82) is 0 Å². The molecule has 146 valence electrons. The van der Waals surface area contributed by atoms with E-state index in [1.54, 1.807) is 32.2 Å². The van der Waals surface area contributed by atoms with E-state index in [4.69, 9.17) is 14.2 Å². The summed E-state index contributed by atoms with van der Waals surface area (Å²) in [6.07, 6.45) is 4.37. The molecule has 0 saturated heterocycles. The molecule has 0 spiro atoms. The molecule has 7 nitrogen and oxygen atoms in total. The monoisotopic (exact) mass is 381 g/mol. The third-order valence-electron chi connectivity index (χ3n) is 4.31. The van der Waals surface area contributed by atoms with Gasteiger partial charge >= 0.3 is 0 Å². The second-order valence-electron chi connectivity index (χ2n) is 6.04. The molecule has 3 aromatic rings. The van der Waals surface area contributed by atoms with Gasteiger partial charge in [-0.1, -0.05) is 12.1 Å². The summed E-state index contributed by atoms with van der Waals surface area (Å²) in [6, 6.07) is 13.1. The van der Waals surface area contributed by atoms with Gasteiger partial charge in [0.25, 0.3) is 0 Å². The van der Waals surface area contributed by atoms with E-state index in [-0.39, 0.29) is 5.91 Å². The van der Waals surface area contributed by atoms with E-state index in [9.17, 15) is 4.79 Å². The van der Waals surface area contributed by atoms with Crippen LogP contribution in [-0.4, -0.2) is 37.0 Å². The Labute approximate surface area is 163 Å². The van der Waals surface area contributed by atoms with Crippen LogP contribution in [-0.2, 0) is 11.2 Å². The molecule has 1 N–H and O–H groups in total. The van der Waals surface area contributed by atoms with Gasteiger partial charge in [0.15, 0.2) is 11.5 Å². The summed E-state index contributed by atoms with van der Waals surface area (Å²) in [5.74, 6) is 1.60. The molecular formula is C21H23N3O4. The van der Waals surface area contributed by atoms with Crippen molar-refractivity contribution in [1.82, 2.24) is 9.78 Å². The van der Waals surface area contributed by atoms with Gasteiger partial charge in [-0.05, 0) is 42.3 Å². The molecule has 0 aliphatic carbocycles. The summed E-state index contributed by atoms with van der Waals surface area (Å²) in [5.41, 5.74) is 2.47. The average molecular weight is 381 g/mol. The van der Waals surface area contributed by atoms with Gasteiger partial charge in [-0.3, -0.25) is 4.79 Å². The van der Waals surface area contributed by atoms with Gasteiger partial charge in [0, 0.05) is 24.5 Å². The molecule has 0 bridgehead atoms. The molecule has 28 heavy (non-hydrogen) atoms. The molecule has 0 radical (unpaired) electrons. The maximum absolute atomic E-state index is 12.4. The lowest BCUT2D eigenvalue weighted by molar-refractivity contribution is -0.116. The summed E-state index contributed by atoms with van der Waals surface area (Å²) >= 11 is 0. The third kappa shape index (κ3) is 4.25. The van der Waals surface area contributed by atoms with Crippen molar-refractivity contribution in [2.24, 2.45) is 0 Å². The number of nitrogens with zero attached hydrogens (tertiary/aromatic N) is 2. The number of anilines is 1. The quantitative estimate of drug-likeness (QED) is 0.647. The fourth-order valence-electron chi connectivity index (χ4n) is 2.98. The van der Waals surface area contributed by atoms with Crippen LogP contribution in [0.5, 0.6) is 17.2 Å². The molecule has 7 heteroatoms. The van der Waals surface area contributed by atoms with Gasteiger partial charge in [0.05, 0.1) is 27.0 Å². The Hall–Kier alpha value is -3.48. The molecule has 1 aromatic heterocycles. The van der Waals surface area contributed by atoms with E-state index in [1.807, 2.05) is 48.7 Å². The number of amides is 1. The Morgan fingerprint density at radius 3 is 2.54 bits per heavy atom. The first-order chi connectivity index (χ1) is 13.7. The molecule has 0 aliphatic heterocycles. The van der Waals surface area contributed by atoms with E-state index < -0.39 is 0 Å². The highest BCUT2D eigenvalue weighted by Crippen LogP contribution is 2.40. The van der Waals surface area contributed by atoms with Crippen molar-refractivity contribution in [2.75, 3.05) is 26.6 Å². The minimum atomic E-state index is -0.0885. The van der Waals surface area contributed by atoms with Crippen LogP contribution < -0.4 is 19.5 Å². The van der Waals surface area contributed by atoms with Crippen LogP contribution in [0.1, 0.15) is 12.0 Å². The van der Waals surface area contributed by atoms with Crippen molar-refractivity contribution >= 4 is 11.6 Å². The van der Waals surface area contributed by atoms with Crippen LogP contribution in [0.2, 0.25) is 0 Å². The van der Waals surface area contributed by atoms with Gasteiger partial charge < -0.3 is 19.5 Å². The van der Waals surface area contributed by atoms with Gasteiger partial charge in [-0.25, -0.2) is 4.68 Å². The summed E-state index contributed by atoms with van der Waals surface area (Å²) in [4.78, 5) is 12.4. The van der Waals surface area contributed by atoms with Gasteiger partial charge in [0.1, 0.15) is 0 Å². The topological polar surface area (TPSA) is 74.6 Å². The van der Waals surface area contributed by atoms with Crippen LogP contribution in [0.4, 0.5) is 5.69 Å². The standard InChI is InChI=1S/C21H23N3O4/c1-26-18-10-8-15(20(27-2)21(18)28-3)9-11-19(25)23-16-6-4-7-17(14-16)24-13-5-12-22-24/h4-8,10,12-14H,9,11H2,1-3H3,(H,23,25). The number of carbonyl (C=O) groups excluding carboxylic acids is 1. The summed E-state index contributed by atoms with van der Waals surface area (Å²) < 4.78 is 17.9. The lowest BCUT2D eigenvalue weighted by Crippen LogP contribution is -2.13. The largest absolute Gasteiger partial charge is 0.493 e. The van der Waals surface area contributed by atoms with E-state index in [1.165, 1.54) is 0 Å². The number of nitrogens with one attached hydrogen (secondary N) is 1. The van der Waals surface area contributed by atoms with Crippen molar-refractivity contribution in [2.45, 2.75) is 12.8 Å². The highest BCUT2D eigenvalue weighted by atomic mass is 16.5. The molecule has 1 amide bonds. The predicted octanol–water partition coefficient (Wildman–Crippen LogP) is 3.47. The molecule has 2 aromatic carbocycles.